The number of hydrogen-bond donors (Lipinski definition) is 1. The number of hydrogen-bond acceptors (Lipinski definition) is 5. The van der Waals surface area contributed by atoms with E-state index in [-0.39, 0.29) is 17.6 Å². The minimum Gasteiger partial charge on any atom is -0.491 e. The van der Waals surface area contributed by atoms with Crippen LogP contribution in [0.1, 0.15) is 24.2 Å². The van der Waals surface area contributed by atoms with E-state index in [0.29, 0.717) is 34.8 Å². The van der Waals surface area contributed by atoms with Crippen LogP contribution in [-0.2, 0) is 6.54 Å². The van der Waals surface area contributed by atoms with Gasteiger partial charge < -0.3 is 14.5 Å². The maximum absolute atomic E-state index is 12.5. The second-order valence-electron chi connectivity index (χ2n) is 5.98. The normalized spacial score (nSPS) is 11.1. The molecule has 136 valence electrons. The smallest absolute Gasteiger partial charge is 0.337 e. The van der Waals surface area contributed by atoms with Gasteiger partial charge in [0.15, 0.2) is 0 Å². The standard InChI is InChI=1S/C18H18ClN3O4/c1-11(2)25-13-3-4-14-15(8-17(23)26-16(14)7-13)18(24)20-5-6-22-10-12(19)9-21-22/h3-4,7-11H,5-6H2,1-2H3,(H,20,24). The van der Waals surface area contributed by atoms with Gasteiger partial charge in [-0.05, 0) is 26.0 Å². The fourth-order valence-corrected chi connectivity index (χ4v) is 2.67. The van der Waals surface area contributed by atoms with Gasteiger partial charge in [-0.2, -0.15) is 5.10 Å². The summed E-state index contributed by atoms with van der Waals surface area (Å²) in [6.45, 7) is 4.60. The molecular weight excluding hydrogens is 358 g/mol. The Morgan fingerprint density at radius 2 is 2.19 bits per heavy atom. The molecule has 0 aliphatic rings. The van der Waals surface area contributed by atoms with E-state index in [9.17, 15) is 9.59 Å². The lowest BCUT2D eigenvalue weighted by Gasteiger charge is -2.11. The van der Waals surface area contributed by atoms with E-state index in [2.05, 4.69) is 10.4 Å². The van der Waals surface area contributed by atoms with E-state index in [1.807, 2.05) is 13.8 Å². The van der Waals surface area contributed by atoms with Gasteiger partial charge in [0.2, 0.25) is 0 Å². The molecular formula is C18H18ClN3O4. The molecule has 0 saturated carbocycles. The molecule has 0 fully saturated rings. The van der Waals surface area contributed by atoms with Gasteiger partial charge in [-0.25, -0.2) is 4.79 Å². The molecule has 2 heterocycles. The third-order valence-electron chi connectivity index (χ3n) is 3.56. The Kier molecular flexibility index (Phi) is 5.27. The molecule has 2 aromatic heterocycles. The highest BCUT2D eigenvalue weighted by molar-refractivity contribution is 6.30. The van der Waals surface area contributed by atoms with Crippen molar-refractivity contribution in [2.24, 2.45) is 0 Å². The average Bonchev–Trinajstić information content (AvgIpc) is 2.98. The minimum absolute atomic E-state index is 0.0125. The van der Waals surface area contributed by atoms with Gasteiger partial charge in [0.05, 0.1) is 29.4 Å². The average molecular weight is 376 g/mol. The molecule has 26 heavy (non-hydrogen) atoms. The fourth-order valence-electron chi connectivity index (χ4n) is 2.52. The molecule has 3 aromatic rings. The molecule has 0 saturated heterocycles. The van der Waals surface area contributed by atoms with E-state index in [0.717, 1.165) is 0 Å². The SMILES string of the molecule is CC(C)Oc1ccc2c(C(=O)NCCn3cc(Cl)cn3)cc(=O)oc2c1. The van der Waals surface area contributed by atoms with Crippen molar-refractivity contribution < 1.29 is 13.9 Å². The maximum Gasteiger partial charge on any atom is 0.337 e. The summed E-state index contributed by atoms with van der Waals surface area (Å²) in [5.41, 5.74) is -0.0336. The number of carbonyl (C=O) groups excluding carboxylic acids is 1. The Morgan fingerprint density at radius 3 is 2.88 bits per heavy atom. The summed E-state index contributed by atoms with van der Waals surface area (Å²) in [4.78, 5) is 24.3. The third-order valence-corrected chi connectivity index (χ3v) is 3.76. The van der Waals surface area contributed by atoms with Crippen molar-refractivity contribution in [3.8, 4) is 5.75 Å². The Labute approximate surface area is 154 Å². The van der Waals surface area contributed by atoms with Gasteiger partial charge in [0.25, 0.3) is 5.91 Å². The van der Waals surface area contributed by atoms with Crippen LogP contribution in [0.15, 0.2) is 45.9 Å². The van der Waals surface area contributed by atoms with Crippen LogP contribution in [0.2, 0.25) is 5.02 Å². The second-order valence-corrected chi connectivity index (χ2v) is 6.42. The van der Waals surface area contributed by atoms with Crippen molar-refractivity contribution in [1.82, 2.24) is 15.1 Å². The largest absolute Gasteiger partial charge is 0.491 e. The molecule has 0 unspecified atom stereocenters. The monoisotopic (exact) mass is 375 g/mol. The zero-order chi connectivity index (χ0) is 18.7. The summed E-state index contributed by atoms with van der Waals surface area (Å²) in [6, 6.07) is 6.24. The zero-order valence-electron chi connectivity index (χ0n) is 14.4. The predicted octanol–water partition coefficient (Wildman–Crippen LogP) is 2.86. The lowest BCUT2D eigenvalue weighted by Crippen LogP contribution is -2.28. The first-order valence-corrected chi connectivity index (χ1v) is 8.51. The van der Waals surface area contributed by atoms with Crippen molar-refractivity contribution in [2.45, 2.75) is 26.5 Å². The van der Waals surface area contributed by atoms with E-state index < -0.39 is 5.63 Å². The van der Waals surface area contributed by atoms with Gasteiger partial charge in [-0.3, -0.25) is 9.48 Å². The Morgan fingerprint density at radius 1 is 1.38 bits per heavy atom. The van der Waals surface area contributed by atoms with Crippen molar-refractivity contribution in [1.29, 1.82) is 0 Å². The second kappa shape index (κ2) is 7.61. The summed E-state index contributed by atoms with van der Waals surface area (Å²) in [6.07, 6.45) is 3.17. The van der Waals surface area contributed by atoms with Gasteiger partial charge in [-0.15, -0.1) is 0 Å². The third kappa shape index (κ3) is 4.23. The van der Waals surface area contributed by atoms with Gasteiger partial charge in [0.1, 0.15) is 11.3 Å². The first-order chi connectivity index (χ1) is 12.4. The van der Waals surface area contributed by atoms with Gasteiger partial charge in [0, 0.05) is 30.3 Å². The summed E-state index contributed by atoms with van der Waals surface area (Å²) in [5, 5.41) is 7.88. The summed E-state index contributed by atoms with van der Waals surface area (Å²) in [5.74, 6) is 0.211. The number of aromatic nitrogens is 2. The molecule has 1 aromatic carbocycles. The Balaban J connectivity index is 1.79. The molecule has 0 aliphatic carbocycles. The molecule has 0 bridgehead atoms. The van der Waals surface area contributed by atoms with Crippen LogP contribution in [-0.4, -0.2) is 28.3 Å². The zero-order valence-corrected chi connectivity index (χ0v) is 15.1. The van der Waals surface area contributed by atoms with Crippen LogP contribution in [0.3, 0.4) is 0 Å². The summed E-state index contributed by atoms with van der Waals surface area (Å²) < 4.78 is 12.4. The molecule has 1 amide bonds. The number of fused-ring (bicyclic) bond motifs is 1. The molecule has 3 rings (SSSR count). The van der Waals surface area contributed by atoms with E-state index >= 15 is 0 Å². The number of halogens is 1. The number of nitrogens with zero attached hydrogens (tertiary/aromatic N) is 2. The Hall–Kier alpha value is -2.80. The van der Waals surface area contributed by atoms with Crippen LogP contribution in [0.5, 0.6) is 5.75 Å². The van der Waals surface area contributed by atoms with Crippen LogP contribution in [0.25, 0.3) is 11.0 Å². The van der Waals surface area contributed by atoms with E-state index in [4.69, 9.17) is 20.8 Å². The van der Waals surface area contributed by atoms with Crippen molar-refractivity contribution in [3.63, 3.8) is 0 Å². The van der Waals surface area contributed by atoms with E-state index in [1.165, 1.54) is 12.3 Å². The number of nitrogens with one attached hydrogen (secondary N) is 1. The predicted molar refractivity (Wildman–Crippen MR) is 97.8 cm³/mol. The molecule has 0 radical (unpaired) electrons. The molecule has 0 atom stereocenters. The number of benzene rings is 1. The van der Waals surface area contributed by atoms with Crippen molar-refractivity contribution >= 4 is 28.5 Å². The molecule has 7 nitrogen and oxygen atoms in total. The van der Waals surface area contributed by atoms with Crippen LogP contribution < -0.4 is 15.7 Å². The number of amides is 1. The number of ether oxygens (including phenoxy) is 1. The highest BCUT2D eigenvalue weighted by Gasteiger charge is 2.14. The van der Waals surface area contributed by atoms with Crippen LogP contribution in [0.4, 0.5) is 0 Å². The van der Waals surface area contributed by atoms with Crippen LogP contribution >= 0.6 is 11.6 Å². The van der Waals surface area contributed by atoms with Crippen molar-refractivity contribution in [2.75, 3.05) is 6.54 Å². The van der Waals surface area contributed by atoms with Gasteiger partial charge in [-0.1, -0.05) is 11.6 Å². The molecule has 1 N–H and O–H groups in total. The Bertz CT molecular complexity index is 994. The van der Waals surface area contributed by atoms with Gasteiger partial charge >= 0.3 is 5.63 Å². The lowest BCUT2D eigenvalue weighted by atomic mass is 10.1. The van der Waals surface area contributed by atoms with E-state index in [1.54, 1.807) is 29.1 Å². The molecule has 0 aliphatic heterocycles. The highest BCUT2D eigenvalue weighted by Crippen LogP contribution is 2.23. The van der Waals surface area contributed by atoms with Crippen LogP contribution in [0, 0.1) is 0 Å². The molecule has 0 spiro atoms. The van der Waals surface area contributed by atoms with Crippen molar-refractivity contribution in [3.05, 3.63) is 57.7 Å². The number of carbonyl (C=O) groups is 1. The summed E-state index contributed by atoms with van der Waals surface area (Å²) >= 11 is 5.80. The first-order valence-electron chi connectivity index (χ1n) is 8.13. The maximum atomic E-state index is 12.5. The minimum atomic E-state index is -0.594. The molecule has 8 heteroatoms. The lowest BCUT2D eigenvalue weighted by molar-refractivity contribution is 0.0953. The number of rotatable bonds is 6. The quantitative estimate of drug-likeness (QED) is 0.669. The highest BCUT2D eigenvalue weighted by atomic mass is 35.5. The fraction of sp³-hybridized carbons (Fsp3) is 0.278. The topological polar surface area (TPSA) is 86.4 Å². The summed E-state index contributed by atoms with van der Waals surface area (Å²) in [7, 11) is 0. The first kappa shape index (κ1) is 18.0.